The zero-order valence-corrected chi connectivity index (χ0v) is 8.66. The second-order valence-electron chi connectivity index (χ2n) is 3.07. The predicted molar refractivity (Wildman–Crippen MR) is 49.2 cm³/mol. The van der Waals surface area contributed by atoms with E-state index in [-0.39, 0.29) is 12.5 Å². The van der Waals surface area contributed by atoms with Crippen LogP contribution in [0.25, 0.3) is 0 Å². The third-order valence-corrected chi connectivity index (χ3v) is 1.79. The van der Waals surface area contributed by atoms with Gasteiger partial charge in [-0.25, -0.2) is 0 Å². The van der Waals surface area contributed by atoms with Crippen LogP contribution >= 0.6 is 0 Å². The second-order valence-corrected chi connectivity index (χ2v) is 3.07. The van der Waals surface area contributed by atoms with E-state index in [1.165, 1.54) is 0 Å². The highest BCUT2D eigenvalue weighted by Gasteiger charge is 2.28. The number of alkyl halides is 3. The van der Waals surface area contributed by atoms with Crippen LogP contribution < -0.4 is 5.32 Å². The largest absolute Gasteiger partial charge is 0.389 e. The molecule has 1 N–H and O–H groups in total. The third kappa shape index (κ3) is 8.31. The van der Waals surface area contributed by atoms with Gasteiger partial charge in [-0.15, -0.1) is 0 Å². The molecule has 0 aliphatic rings. The first-order chi connectivity index (χ1) is 6.49. The molecule has 0 heterocycles. The zero-order chi connectivity index (χ0) is 11.0. The van der Waals surface area contributed by atoms with Crippen LogP contribution in [-0.2, 0) is 4.74 Å². The van der Waals surface area contributed by atoms with Gasteiger partial charge >= 0.3 is 6.18 Å². The predicted octanol–water partition coefficient (Wildman–Crippen LogP) is 2.34. The van der Waals surface area contributed by atoms with Gasteiger partial charge in [-0.1, -0.05) is 6.92 Å². The van der Waals surface area contributed by atoms with Gasteiger partial charge in [0, 0.05) is 19.1 Å². The summed E-state index contributed by atoms with van der Waals surface area (Å²) in [5.41, 5.74) is 0. The minimum absolute atomic E-state index is 0.0807. The Labute approximate surface area is 82.8 Å². The minimum Gasteiger partial charge on any atom is -0.380 e. The molecule has 5 heteroatoms. The van der Waals surface area contributed by atoms with Crippen molar-refractivity contribution in [1.82, 2.24) is 5.32 Å². The summed E-state index contributed by atoms with van der Waals surface area (Å²) in [6.45, 7) is 5.24. The maximum absolute atomic E-state index is 11.9. The Morgan fingerprint density at radius 3 is 2.36 bits per heavy atom. The Balaban J connectivity index is 3.72. The van der Waals surface area contributed by atoms with Gasteiger partial charge in [0.1, 0.15) is 0 Å². The van der Waals surface area contributed by atoms with Gasteiger partial charge in [0.25, 0.3) is 0 Å². The Kier molecular flexibility index (Phi) is 6.92. The summed E-state index contributed by atoms with van der Waals surface area (Å²) < 4.78 is 40.8. The highest BCUT2D eigenvalue weighted by Crippen LogP contribution is 2.22. The van der Waals surface area contributed by atoms with Gasteiger partial charge in [0.15, 0.2) is 0 Å². The van der Waals surface area contributed by atoms with Crippen molar-refractivity contribution in [2.75, 3.05) is 19.8 Å². The van der Waals surface area contributed by atoms with E-state index >= 15 is 0 Å². The number of halogens is 3. The molecule has 0 aliphatic carbocycles. The molecule has 0 saturated heterocycles. The van der Waals surface area contributed by atoms with E-state index in [0.29, 0.717) is 19.8 Å². The molecule has 0 amide bonds. The van der Waals surface area contributed by atoms with E-state index in [1.54, 1.807) is 0 Å². The van der Waals surface area contributed by atoms with Crippen molar-refractivity contribution < 1.29 is 17.9 Å². The van der Waals surface area contributed by atoms with Gasteiger partial charge in [-0.3, -0.25) is 0 Å². The van der Waals surface area contributed by atoms with E-state index in [0.717, 1.165) is 0 Å². The number of hydrogen-bond donors (Lipinski definition) is 1. The van der Waals surface area contributed by atoms with E-state index in [2.05, 4.69) is 5.32 Å². The molecule has 0 rings (SSSR count). The maximum atomic E-state index is 11.9. The van der Waals surface area contributed by atoms with E-state index in [1.807, 2.05) is 13.8 Å². The summed E-state index contributed by atoms with van der Waals surface area (Å²) >= 11 is 0. The summed E-state index contributed by atoms with van der Waals surface area (Å²) in [6.07, 6.45) is -4.74. The molecule has 0 aliphatic heterocycles. The fourth-order valence-electron chi connectivity index (χ4n) is 1.13. The van der Waals surface area contributed by atoms with Gasteiger partial charge in [-0.05, 0) is 19.9 Å². The molecular weight excluding hydrogens is 195 g/mol. The lowest BCUT2D eigenvalue weighted by Gasteiger charge is -2.18. The van der Waals surface area contributed by atoms with Crippen LogP contribution in [0.4, 0.5) is 13.2 Å². The van der Waals surface area contributed by atoms with Gasteiger partial charge in [0.2, 0.25) is 0 Å². The summed E-state index contributed by atoms with van der Waals surface area (Å²) in [6, 6.07) is -0.193. The molecule has 0 saturated carbocycles. The quantitative estimate of drug-likeness (QED) is 0.701. The molecule has 0 aromatic heterocycles. The van der Waals surface area contributed by atoms with Crippen molar-refractivity contribution in [3.05, 3.63) is 0 Å². The first-order valence-electron chi connectivity index (χ1n) is 4.87. The first kappa shape index (κ1) is 13.7. The van der Waals surface area contributed by atoms with Crippen molar-refractivity contribution in [2.24, 2.45) is 0 Å². The molecule has 1 atom stereocenters. The molecular formula is C9H18F3NO. The summed E-state index contributed by atoms with van der Waals surface area (Å²) in [7, 11) is 0. The van der Waals surface area contributed by atoms with Gasteiger partial charge < -0.3 is 10.1 Å². The average Bonchev–Trinajstić information content (AvgIpc) is 2.08. The summed E-state index contributed by atoms with van der Waals surface area (Å²) in [4.78, 5) is 0. The summed E-state index contributed by atoms with van der Waals surface area (Å²) in [5.74, 6) is 0. The number of nitrogens with one attached hydrogen (secondary N) is 1. The molecule has 0 aromatic carbocycles. The molecule has 2 nitrogen and oxygen atoms in total. The first-order valence-corrected chi connectivity index (χ1v) is 4.87. The van der Waals surface area contributed by atoms with Crippen molar-refractivity contribution >= 4 is 0 Å². The number of hydrogen-bond acceptors (Lipinski definition) is 2. The Morgan fingerprint density at radius 1 is 1.29 bits per heavy atom. The normalized spacial score (nSPS) is 14.4. The van der Waals surface area contributed by atoms with Crippen molar-refractivity contribution in [2.45, 2.75) is 38.9 Å². The van der Waals surface area contributed by atoms with Crippen LogP contribution in [0.2, 0.25) is 0 Å². The fourth-order valence-corrected chi connectivity index (χ4v) is 1.13. The van der Waals surface area contributed by atoms with Crippen molar-refractivity contribution in [3.8, 4) is 0 Å². The monoisotopic (exact) mass is 213 g/mol. The molecule has 1 unspecified atom stereocenters. The molecule has 0 radical (unpaired) electrons. The number of rotatable bonds is 7. The van der Waals surface area contributed by atoms with E-state index in [9.17, 15) is 13.2 Å². The zero-order valence-electron chi connectivity index (χ0n) is 8.66. The minimum atomic E-state index is -4.07. The van der Waals surface area contributed by atoms with Gasteiger partial charge in [0.05, 0.1) is 6.61 Å². The second kappa shape index (κ2) is 7.06. The van der Waals surface area contributed by atoms with Crippen LogP contribution in [0.5, 0.6) is 0 Å². The van der Waals surface area contributed by atoms with Crippen LogP contribution in [0.3, 0.4) is 0 Å². The molecule has 0 spiro atoms. The van der Waals surface area contributed by atoms with Gasteiger partial charge in [-0.2, -0.15) is 13.2 Å². The molecule has 0 fully saturated rings. The van der Waals surface area contributed by atoms with Crippen molar-refractivity contribution in [3.63, 3.8) is 0 Å². The van der Waals surface area contributed by atoms with Crippen LogP contribution in [0, 0.1) is 0 Å². The highest BCUT2D eigenvalue weighted by atomic mass is 19.4. The SMILES string of the molecule is CCNC(CCC(F)(F)F)COCC. The molecule has 86 valence electrons. The molecule has 0 aromatic rings. The molecule has 0 bridgehead atoms. The number of likely N-dealkylation sites (N-methyl/N-ethyl adjacent to an activating group) is 1. The standard InChI is InChI=1S/C9H18F3NO/c1-3-13-8(7-14-4-2)5-6-9(10,11)12/h8,13H,3-7H2,1-2H3. The van der Waals surface area contributed by atoms with Crippen LogP contribution in [0.1, 0.15) is 26.7 Å². The van der Waals surface area contributed by atoms with Crippen LogP contribution in [-0.4, -0.2) is 32.0 Å². The molecule has 14 heavy (non-hydrogen) atoms. The average molecular weight is 213 g/mol. The van der Waals surface area contributed by atoms with E-state index < -0.39 is 12.6 Å². The fraction of sp³-hybridized carbons (Fsp3) is 1.00. The Hall–Kier alpha value is -0.290. The third-order valence-electron chi connectivity index (χ3n) is 1.79. The smallest absolute Gasteiger partial charge is 0.380 e. The lowest BCUT2D eigenvalue weighted by molar-refractivity contribution is -0.137. The number of ether oxygens (including phenoxy) is 1. The topological polar surface area (TPSA) is 21.3 Å². The lowest BCUT2D eigenvalue weighted by Crippen LogP contribution is -2.34. The summed E-state index contributed by atoms with van der Waals surface area (Å²) in [5, 5.41) is 2.97. The Bertz CT molecular complexity index is 139. The maximum Gasteiger partial charge on any atom is 0.389 e. The Morgan fingerprint density at radius 2 is 1.93 bits per heavy atom. The highest BCUT2D eigenvalue weighted by molar-refractivity contribution is 4.67. The van der Waals surface area contributed by atoms with Crippen molar-refractivity contribution in [1.29, 1.82) is 0 Å². The van der Waals surface area contributed by atoms with E-state index in [4.69, 9.17) is 4.74 Å². The van der Waals surface area contributed by atoms with Crippen LogP contribution in [0.15, 0.2) is 0 Å². The lowest BCUT2D eigenvalue weighted by atomic mass is 10.1.